The molecule has 34 heavy (non-hydrogen) atoms. The Morgan fingerprint density at radius 1 is 1.00 bits per heavy atom. The molecule has 3 aromatic rings. The summed E-state index contributed by atoms with van der Waals surface area (Å²) >= 11 is 0. The van der Waals surface area contributed by atoms with Gasteiger partial charge in [0, 0.05) is 23.3 Å². The van der Waals surface area contributed by atoms with E-state index in [1.165, 1.54) is 30.3 Å². The van der Waals surface area contributed by atoms with E-state index in [9.17, 15) is 28.9 Å². The molecule has 0 aliphatic carbocycles. The van der Waals surface area contributed by atoms with Crippen LogP contribution in [0.15, 0.2) is 78.4 Å². The van der Waals surface area contributed by atoms with Crippen molar-refractivity contribution in [2.24, 2.45) is 0 Å². The number of amides is 4. The molecule has 4 rings (SSSR count). The maximum absolute atomic E-state index is 13.9. The Labute approximate surface area is 192 Å². The number of carbonyl (C=O) groups excluding carboxylic acids is 3. The topological polar surface area (TPSA) is 119 Å². The highest BCUT2D eigenvalue weighted by Crippen LogP contribution is 2.28. The molecule has 1 aliphatic rings. The molecule has 0 radical (unpaired) electrons. The van der Waals surface area contributed by atoms with Crippen molar-refractivity contribution >= 4 is 35.3 Å². The molecular formula is C24H16FN3O6. The number of non-ortho nitro benzene ring substituents is 1. The van der Waals surface area contributed by atoms with Crippen molar-refractivity contribution in [2.45, 2.75) is 6.61 Å². The van der Waals surface area contributed by atoms with E-state index in [-0.39, 0.29) is 29.3 Å². The first-order chi connectivity index (χ1) is 16.3. The summed E-state index contributed by atoms with van der Waals surface area (Å²) in [5.74, 6) is -2.05. The quantitative estimate of drug-likeness (QED) is 0.257. The van der Waals surface area contributed by atoms with Crippen LogP contribution >= 0.6 is 0 Å². The smallest absolute Gasteiger partial charge is 0.335 e. The van der Waals surface area contributed by atoms with Crippen LogP contribution in [0.3, 0.4) is 0 Å². The number of para-hydroxylation sites is 1. The first kappa shape index (κ1) is 22.3. The molecule has 9 nitrogen and oxygen atoms in total. The van der Waals surface area contributed by atoms with Gasteiger partial charge in [-0.25, -0.2) is 14.1 Å². The molecule has 0 atom stereocenters. The van der Waals surface area contributed by atoms with Crippen LogP contribution in [-0.2, 0) is 16.2 Å². The molecule has 1 aliphatic heterocycles. The standard InChI is InChI=1S/C24H16FN3O6/c25-20-10-3-1-7-16(20)14-34-21-11-4-2-6-15(21)12-19-22(29)26-24(31)27(23(19)30)17-8-5-9-18(13-17)28(32)33/h1-13H,14H2,(H,26,29,31)/b19-12+. The molecule has 0 aromatic heterocycles. The minimum absolute atomic E-state index is 0.0702. The highest BCUT2D eigenvalue weighted by molar-refractivity contribution is 6.39. The molecule has 0 bridgehead atoms. The van der Waals surface area contributed by atoms with Gasteiger partial charge < -0.3 is 4.74 Å². The Morgan fingerprint density at radius 2 is 1.74 bits per heavy atom. The molecule has 1 N–H and O–H groups in total. The van der Waals surface area contributed by atoms with Gasteiger partial charge in [0.15, 0.2) is 0 Å². The summed E-state index contributed by atoms with van der Waals surface area (Å²) < 4.78 is 19.6. The van der Waals surface area contributed by atoms with E-state index in [0.717, 1.165) is 6.07 Å². The van der Waals surface area contributed by atoms with Crippen LogP contribution in [-0.4, -0.2) is 22.8 Å². The lowest BCUT2D eigenvalue weighted by Gasteiger charge is -2.26. The Hall–Kier alpha value is -4.86. The van der Waals surface area contributed by atoms with Crippen LogP contribution in [0.4, 0.5) is 20.6 Å². The average molecular weight is 461 g/mol. The van der Waals surface area contributed by atoms with Crippen molar-refractivity contribution < 1.29 is 28.4 Å². The van der Waals surface area contributed by atoms with Crippen LogP contribution in [0.2, 0.25) is 0 Å². The van der Waals surface area contributed by atoms with Gasteiger partial charge in [0.05, 0.1) is 10.6 Å². The number of benzene rings is 3. The molecule has 4 amide bonds. The molecule has 1 fully saturated rings. The third-order valence-corrected chi connectivity index (χ3v) is 4.96. The fourth-order valence-electron chi connectivity index (χ4n) is 3.30. The molecule has 170 valence electrons. The fourth-order valence-corrected chi connectivity index (χ4v) is 3.30. The van der Waals surface area contributed by atoms with Gasteiger partial charge in [-0.15, -0.1) is 0 Å². The first-order valence-corrected chi connectivity index (χ1v) is 9.96. The normalized spacial score (nSPS) is 14.8. The maximum Gasteiger partial charge on any atom is 0.335 e. The number of imide groups is 2. The minimum Gasteiger partial charge on any atom is -0.488 e. The van der Waals surface area contributed by atoms with E-state index in [1.54, 1.807) is 42.5 Å². The number of barbiturate groups is 1. The molecule has 0 unspecified atom stereocenters. The van der Waals surface area contributed by atoms with Crippen LogP contribution in [0.5, 0.6) is 5.75 Å². The zero-order chi connectivity index (χ0) is 24.2. The number of nitrogens with one attached hydrogen (secondary N) is 1. The Balaban J connectivity index is 1.66. The number of rotatable bonds is 6. The van der Waals surface area contributed by atoms with E-state index in [1.807, 2.05) is 0 Å². The van der Waals surface area contributed by atoms with Gasteiger partial charge in [0.25, 0.3) is 17.5 Å². The van der Waals surface area contributed by atoms with E-state index in [2.05, 4.69) is 5.32 Å². The summed E-state index contributed by atoms with van der Waals surface area (Å²) in [5, 5.41) is 13.1. The third kappa shape index (κ3) is 4.51. The zero-order valence-electron chi connectivity index (χ0n) is 17.4. The van der Waals surface area contributed by atoms with E-state index >= 15 is 0 Å². The van der Waals surface area contributed by atoms with Crippen molar-refractivity contribution in [3.63, 3.8) is 0 Å². The lowest BCUT2D eigenvalue weighted by Crippen LogP contribution is -2.54. The molecule has 1 heterocycles. The highest BCUT2D eigenvalue weighted by atomic mass is 19.1. The molecular weight excluding hydrogens is 445 g/mol. The van der Waals surface area contributed by atoms with E-state index in [4.69, 9.17) is 4.74 Å². The Bertz CT molecular complexity index is 1350. The molecule has 3 aromatic carbocycles. The Kier molecular flexibility index (Phi) is 6.13. The van der Waals surface area contributed by atoms with Crippen molar-refractivity contribution in [1.82, 2.24) is 5.32 Å². The van der Waals surface area contributed by atoms with Gasteiger partial charge in [-0.1, -0.05) is 42.5 Å². The lowest BCUT2D eigenvalue weighted by molar-refractivity contribution is -0.384. The summed E-state index contributed by atoms with van der Waals surface area (Å²) in [5.41, 5.74) is -0.121. The van der Waals surface area contributed by atoms with Gasteiger partial charge in [-0.05, 0) is 24.3 Å². The van der Waals surface area contributed by atoms with Gasteiger partial charge in [-0.2, -0.15) is 0 Å². The maximum atomic E-state index is 13.9. The summed E-state index contributed by atoms with van der Waals surface area (Å²) in [6, 6.07) is 16.5. The summed E-state index contributed by atoms with van der Waals surface area (Å²) in [6.45, 7) is -0.0920. The number of carbonyl (C=O) groups is 3. The summed E-state index contributed by atoms with van der Waals surface area (Å²) in [4.78, 5) is 49.0. The minimum atomic E-state index is -1.03. The number of hydrogen-bond acceptors (Lipinski definition) is 6. The summed E-state index contributed by atoms with van der Waals surface area (Å²) in [7, 11) is 0. The Morgan fingerprint density at radius 3 is 2.50 bits per heavy atom. The molecule has 10 heteroatoms. The third-order valence-electron chi connectivity index (χ3n) is 4.96. The average Bonchev–Trinajstić information content (AvgIpc) is 2.82. The zero-order valence-corrected chi connectivity index (χ0v) is 17.4. The number of ether oxygens (including phenoxy) is 1. The highest BCUT2D eigenvalue weighted by Gasteiger charge is 2.37. The SMILES string of the molecule is O=C1NC(=O)N(c2cccc([N+](=O)[O-])c2)C(=O)/C1=C/c1ccccc1OCc1ccccc1F. The second-order valence-electron chi connectivity index (χ2n) is 7.15. The number of nitrogens with zero attached hydrogens (tertiary/aromatic N) is 2. The van der Waals surface area contributed by atoms with Crippen molar-refractivity contribution in [3.8, 4) is 5.75 Å². The predicted octanol–water partition coefficient (Wildman–Crippen LogP) is 3.98. The second-order valence-corrected chi connectivity index (χ2v) is 7.15. The predicted molar refractivity (Wildman–Crippen MR) is 119 cm³/mol. The van der Waals surface area contributed by atoms with Crippen LogP contribution < -0.4 is 15.0 Å². The lowest BCUT2D eigenvalue weighted by atomic mass is 10.1. The van der Waals surface area contributed by atoms with Gasteiger partial charge in [0.1, 0.15) is 23.7 Å². The summed E-state index contributed by atoms with van der Waals surface area (Å²) in [6.07, 6.45) is 1.24. The van der Waals surface area contributed by atoms with Gasteiger partial charge in [0.2, 0.25) is 0 Å². The fraction of sp³-hybridized carbons (Fsp3) is 0.0417. The number of anilines is 1. The van der Waals surface area contributed by atoms with Crippen molar-refractivity contribution in [3.05, 3.63) is 105 Å². The van der Waals surface area contributed by atoms with Crippen LogP contribution in [0.25, 0.3) is 6.08 Å². The number of hydrogen-bond donors (Lipinski definition) is 1. The van der Waals surface area contributed by atoms with E-state index in [0.29, 0.717) is 16.0 Å². The monoisotopic (exact) mass is 461 g/mol. The van der Waals surface area contributed by atoms with E-state index < -0.39 is 28.6 Å². The molecule has 0 saturated carbocycles. The van der Waals surface area contributed by atoms with Gasteiger partial charge >= 0.3 is 6.03 Å². The van der Waals surface area contributed by atoms with Crippen LogP contribution in [0, 0.1) is 15.9 Å². The van der Waals surface area contributed by atoms with Crippen molar-refractivity contribution in [1.29, 1.82) is 0 Å². The number of nitro groups is 1. The first-order valence-electron chi connectivity index (χ1n) is 9.96. The largest absolute Gasteiger partial charge is 0.488 e. The van der Waals surface area contributed by atoms with Gasteiger partial charge in [-0.3, -0.25) is 25.0 Å². The second kappa shape index (κ2) is 9.33. The molecule has 0 spiro atoms. The number of urea groups is 1. The van der Waals surface area contributed by atoms with Crippen molar-refractivity contribution in [2.75, 3.05) is 4.90 Å². The number of nitro benzene ring substituents is 1. The molecule has 1 saturated heterocycles. The van der Waals surface area contributed by atoms with Crippen LogP contribution in [0.1, 0.15) is 11.1 Å². The number of halogens is 1.